The van der Waals surface area contributed by atoms with Gasteiger partial charge in [0.1, 0.15) is 17.9 Å². The van der Waals surface area contributed by atoms with Crippen molar-refractivity contribution in [1.29, 1.82) is 0 Å². The summed E-state index contributed by atoms with van der Waals surface area (Å²) >= 11 is 1.60. The molecule has 208 valence electrons. The second-order valence-electron chi connectivity index (χ2n) is 9.90. The van der Waals surface area contributed by atoms with Gasteiger partial charge in [-0.1, -0.05) is 38.1 Å². The highest BCUT2D eigenvalue weighted by Crippen LogP contribution is 2.19. The van der Waals surface area contributed by atoms with Crippen molar-refractivity contribution in [2.45, 2.75) is 31.8 Å². The van der Waals surface area contributed by atoms with E-state index in [9.17, 15) is 18.8 Å². The van der Waals surface area contributed by atoms with Crippen molar-refractivity contribution in [3.8, 4) is 0 Å². The molecule has 0 fully saturated rings. The minimum atomic E-state index is -0.397. The number of fused-ring (bicyclic) bond motifs is 1. The second kappa shape index (κ2) is 13.3. The smallest absolute Gasteiger partial charge is 0.322 e. The molecule has 0 atom stereocenters. The zero-order valence-corrected chi connectivity index (χ0v) is 23.5. The molecule has 4 rings (SSSR count). The SMILES string of the molecule is CSc1ccc(NC(=O)N(CC(=O)N(Cc2ccc(F)cc2)Cc2coc3ccccc3c2=O)CC(C)C)cc1. The molecule has 9 heteroatoms. The van der Waals surface area contributed by atoms with E-state index in [1.807, 2.05) is 44.4 Å². The Hall–Kier alpha value is -4.11. The number of hydrogen-bond acceptors (Lipinski definition) is 5. The topological polar surface area (TPSA) is 82.9 Å². The Morgan fingerprint density at radius 3 is 2.33 bits per heavy atom. The molecule has 1 N–H and O–H groups in total. The molecule has 3 aromatic carbocycles. The van der Waals surface area contributed by atoms with Crippen LogP contribution in [0.5, 0.6) is 0 Å². The van der Waals surface area contributed by atoms with Crippen molar-refractivity contribution in [3.63, 3.8) is 0 Å². The summed E-state index contributed by atoms with van der Waals surface area (Å²) in [5.41, 5.74) is 1.85. The molecule has 0 saturated heterocycles. The maximum Gasteiger partial charge on any atom is 0.322 e. The first-order valence-corrected chi connectivity index (χ1v) is 14.2. The minimum absolute atomic E-state index is 0.0311. The van der Waals surface area contributed by atoms with Crippen molar-refractivity contribution in [2.24, 2.45) is 5.92 Å². The predicted molar refractivity (Wildman–Crippen MR) is 157 cm³/mol. The Balaban J connectivity index is 1.58. The van der Waals surface area contributed by atoms with Crippen LogP contribution in [0.4, 0.5) is 14.9 Å². The molecule has 0 bridgehead atoms. The quantitative estimate of drug-likeness (QED) is 0.228. The lowest BCUT2D eigenvalue weighted by atomic mass is 10.1. The van der Waals surface area contributed by atoms with Crippen molar-refractivity contribution >= 4 is 40.4 Å². The van der Waals surface area contributed by atoms with Gasteiger partial charge in [0.15, 0.2) is 5.43 Å². The van der Waals surface area contributed by atoms with Crippen molar-refractivity contribution < 1.29 is 18.4 Å². The molecule has 40 heavy (non-hydrogen) atoms. The van der Waals surface area contributed by atoms with Crippen molar-refractivity contribution in [3.05, 3.63) is 106 Å². The van der Waals surface area contributed by atoms with E-state index in [0.29, 0.717) is 34.3 Å². The van der Waals surface area contributed by atoms with E-state index in [2.05, 4.69) is 5.32 Å². The first kappa shape index (κ1) is 28.9. The Kier molecular flexibility index (Phi) is 9.60. The van der Waals surface area contributed by atoms with Gasteiger partial charge in [0.05, 0.1) is 23.8 Å². The number of carbonyl (C=O) groups is 2. The summed E-state index contributed by atoms with van der Waals surface area (Å²) in [7, 11) is 0. The molecule has 3 amide bonds. The summed E-state index contributed by atoms with van der Waals surface area (Å²) in [6, 6.07) is 19.8. The number of hydrogen-bond donors (Lipinski definition) is 1. The zero-order chi connectivity index (χ0) is 28.6. The number of anilines is 1. The van der Waals surface area contributed by atoms with Crippen LogP contribution in [-0.2, 0) is 17.9 Å². The third-order valence-electron chi connectivity index (χ3n) is 6.29. The van der Waals surface area contributed by atoms with Crippen LogP contribution in [-0.4, -0.2) is 41.1 Å². The molecular formula is C31H32FN3O4S. The number of halogens is 1. The fourth-order valence-electron chi connectivity index (χ4n) is 4.28. The van der Waals surface area contributed by atoms with Gasteiger partial charge in [-0.05, 0) is 66.3 Å². The molecule has 0 radical (unpaired) electrons. The average Bonchev–Trinajstić information content (AvgIpc) is 2.95. The van der Waals surface area contributed by atoms with E-state index < -0.39 is 6.03 Å². The summed E-state index contributed by atoms with van der Waals surface area (Å²) in [6.07, 6.45) is 3.34. The van der Waals surface area contributed by atoms with Crippen molar-refractivity contribution in [2.75, 3.05) is 24.7 Å². The number of benzene rings is 3. The highest BCUT2D eigenvalue weighted by molar-refractivity contribution is 7.98. The molecule has 0 saturated carbocycles. The van der Waals surface area contributed by atoms with Crippen LogP contribution in [0.1, 0.15) is 25.0 Å². The van der Waals surface area contributed by atoms with Gasteiger partial charge in [-0.25, -0.2) is 9.18 Å². The van der Waals surface area contributed by atoms with Crippen LogP contribution >= 0.6 is 11.8 Å². The van der Waals surface area contributed by atoms with Gasteiger partial charge in [0.25, 0.3) is 0 Å². The van der Waals surface area contributed by atoms with Gasteiger partial charge in [0.2, 0.25) is 5.91 Å². The van der Waals surface area contributed by atoms with Gasteiger partial charge in [-0.2, -0.15) is 0 Å². The van der Waals surface area contributed by atoms with Gasteiger partial charge >= 0.3 is 6.03 Å². The average molecular weight is 562 g/mol. The summed E-state index contributed by atoms with van der Waals surface area (Å²) in [5.74, 6) is -0.636. The Morgan fingerprint density at radius 1 is 0.950 bits per heavy atom. The molecule has 1 aromatic heterocycles. The third-order valence-corrected chi connectivity index (χ3v) is 7.04. The number of nitrogens with zero attached hydrogens (tertiary/aromatic N) is 2. The molecule has 0 spiro atoms. The number of para-hydroxylation sites is 1. The number of nitrogens with one attached hydrogen (secondary N) is 1. The molecule has 7 nitrogen and oxygen atoms in total. The van der Waals surface area contributed by atoms with Crippen molar-refractivity contribution in [1.82, 2.24) is 9.80 Å². The number of urea groups is 1. The van der Waals surface area contributed by atoms with E-state index in [0.717, 1.165) is 4.90 Å². The van der Waals surface area contributed by atoms with E-state index in [-0.39, 0.29) is 42.7 Å². The van der Waals surface area contributed by atoms with Crippen LogP contribution < -0.4 is 10.7 Å². The van der Waals surface area contributed by atoms with Gasteiger partial charge in [0, 0.05) is 23.7 Å². The van der Waals surface area contributed by atoms with E-state index in [1.165, 1.54) is 28.2 Å². The highest BCUT2D eigenvalue weighted by Gasteiger charge is 2.24. The number of carbonyl (C=O) groups excluding carboxylic acids is 2. The number of rotatable bonds is 10. The predicted octanol–water partition coefficient (Wildman–Crippen LogP) is 6.37. The van der Waals surface area contributed by atoms with Crippen LogP contribution in [0.3, 0.4) is 0 Å². The lowest BCUT2D eigenvalue weighted by Crippen LogP contribution is -2.45. The standard InChI is InChI=1S/C31H32FN3O4S/c1-21(2)16-35(31(38)33-25-12-14-26(40-3)15-13-25)19-29(36)34(17-22-8-10-24(32)11-9-22)18-23-20-39-28-7-5-4-6-27(28)30(23)37/h4-15,20-21H,16-19H2,1-3H3,(H,33,38). The van der Waals surface area contributed by atoms with Crippen LogP contribution in [0.2, 0.25) is 0 Å². The summed E-state index contributed by atoms with van der Waals surface area (Å²) < 4.78 is 19.2. The van der Waals surface area contributed by atoms with Gasteiger partial charge < -0.3 is 19.5 Å². The minimum Gasteiger partial charge on any atom is -0.464 e. The summed E-state index contributed by atoms with van der Waals surface area (Å²) in [6.45, 7) is 4.18. The van der Waals surface area contributed by atoms with Gasteiger partial charge in [-0.15, -0.1) is 11.8 Å². The molecule has 0 aliphatic rings. The van der Waals surface area contributed by atoms with Crippen LogP contribution in [0.25, 0.3) is 11.0 Å². The lowest BCUT2D eigenvalue weighted by Gasteiger charge is -2.29. The van der Waals surface area contributed by atoms with E-state index in [4.69, 9.17) is 4.42 Å². The second-order valence-corrected chi connectivity index (χ2v) is 10.8. The van der Waals surface area contributed by atoms with Crippen LogP contribution in [0, 0.1) is 11.7 Å². The van der Waals surface area contributed by atoms with E-state index in [1.54, 1.807) is 48.2 Å². The lowest BCUT2D eigenvalue weighted by molar-refractivity contribution is -0.133. The Labute approximate surface area is 237 Å². The summed E-state index contributed by atoms with van der Waals surface area (Å²) in [5, 5.41) is 3.30. The first-order chi connectivity index (χ1) is 19.2. The largest absolute Gasteiger partial charge is 0.464 e. The number of amides is 3. The molecular weight excluding hydrogens is 529 g/mol. The molecule has 1 heterocycles. The maximum absolute atomic E-state index is 13.7. The van der Waals surface area contributed by atoms with Gasteiger partial charge in [-0.3, -0.25) is 9.59 Å². The normalized spacial score (nSPS) is 11.0. The third kappa shape index (κ3) is 7.51. The molecule has 0 aliphatic heterocycles. The maximum atomic E-state index is 13.7. The monoisotopic (exact) mass is 561 g/mol. The Morgan fingerprint density at radius 2 is 1.65 bits per heavy atom. The molecule has 0 unspecified atom stereocenters. The first-order valence-electron chi connectivity index (χ1n) is 12.9. The Bertz CT molecular complexity index is 1520. The van der Waals surface area contributed by atoms with Crippen LogP contribution in [0.15, 0.2) is 93.2 Å². The fraction of sp³-hybridized carbons (Fsp3) is 0.258. The zero-order valence-electron chi connectivity index (χ0n) is 22.7. The molecule has 4 aromatic rings. The summed E-state index contributed by atoms with van der Waals surface area (Å²) in [4.78, 5) is 44.2. The number of thioether (sulfide) groups is 1. The highest BCUT2D eigenvalue weighted by atomic mass is 32.2. The van der Waals surface area contributed by atoms with E-state index >= 15 is 0 Å². The molecule has 0 aliphatic carbocycles. The fourth-order valence-corrected chi connectivity index (χ4v) is 4.68.